The molecule has 0 radical (unpaired) electrons. The van der Waals surface area contributed by atoms with Gasteiger partial charge in [0.1, 0.15) is 18.0 Å². The van der Waals surface area contributed by atoms with E-state index >= 15 is 0 Å². The monoisotopic (exact) mass is 349 g/mol. The SMILES string of the molecule is CC(C)(C)OC(=O)N(C1COCC(=O)C1)[C@@H]1CCc2cc(F)ccc21. The molecule has 1 heterocycles. The number of Topliss-reactive ketones (excluding diaryl/α,β-unsaturated/α-hetero) is 1. The normalized spacial score (nSPS) is 23.3. The van der Waals surface area contributed by atoms with Crippen molar-refractivity contribution < 1.29 is 23.5 Å². The van der Waals surface area contributed by atoms with Crippen molar-refractivity contribution in [1.82, 2.24) is 4.90 Å². The standard InChI is InChI=1S/C19H24FNO4/c1-19(2,3)25-18(23)21(14-9-15(22)11-24-10-14)17-7-4-12-8-13(20)5-6-16(12)17/h5-6,8,14,17H,4,7,9-11H2,1-3H3/t14?,17-/m1/s1. The topological polar surface area (TPSA) is 55.8 Å². The van der Waals surface area contributed by atoms with Crippen LogP contribution in [0.15, 0.2) is 18.2 Å². The summed E-state index contributed by atoms with van der Waals surface area (Å²) in [5, 5.41) is 0. The molecule has 1 aliphatic heterocycles. The van der Waals surface area contributed by atoms with Crippen LogP contribution in [0.2, 0.25) is 0 Å². The van der Waals surface area contributed by atoms with E-state index in [-0.39, 0.29) is 36.7 Å². The van der Waals surface area contributed by atoms with Crippen LogP contribution in [0.5, 0.6) is 0 Å². The highest BCUT2D eigenvalue weighted by Crippen LogP contribution is 2.39. The lowest BCUT2D eigenvalue weighted by molar-refractivity contribution is -0.131. The summed E-state index contributed by atoms with van der Waals surface area (Å²) >= 11 is 0. The Morgan fingerprint density at radius 3 is 2.80 bits per heavy atom. The van der Waals surface area contributed by atoms with Crippen molar-refractivity contribution in [2.75, 3.05) is 13.2 Å². The maximum atomic E-state index is 13.5. The summed E-state index contributed by atoms with van der Waals surface area (Å²) in [6, 6.07) is 4.06. The number of hydrogen-bond acceptors (Lipinski definition) is 4. The molecular formula is C19H24FNO4. The minimum absolute atomic E-state index is 0.0258. The lowest BCUT2D eigenvalue weighted by atomic mass is 10.0. The molecule has 0 bridgehead atoms. The number of ether oxygens (including phenoxy) is 2. The fourth-order valence-electron chi connectivity index (χ4n) is 3.57. The molecule has 3 rings (SSSR count). The van der Waals surface area contributed by atoms with Crippen molar-refractivity contribution in [3.63, 3.8) is 0 Å². The predicted octanol–water partition coefficient (Wildman–Crippen LogP) is 3.41. The number of benzene rings is 1. The van der Waals surface area contributed by atoms with Crippen LogP contribution in [-0.2, 0) is 20.7 Å². The minimum atomic E-state index is -0.640. The molecule has 0 spiro atoms. The van der Waals surface area contributed by atoms with Gasteiger partial charge < -0.3 is 9.47 Å². The molecule has 1 fully saturated rings. The van der Waals surface area contributed by atoms with E-state index in [1.807, 2.05) is 20.8 Å². The fourth-order valence-corrected chi connectivity index (χ4v) is 3.57. The molecule has 1 unspecified atom stereocenters. The molecule has 2 aliphatic rings. The summed E-state index contributed by atoms with van der Waals surface area (Å²) in [5.74, 6) is -0.304. The van der Waals surface area contributed by atoms with Crippen LogP contribution >= 0.6 is 0 Å². The molecule has 0 N–H and O–H groups in total. The van der Waals surface area contributed by atoms with E-state index in [9.17, 15) is 14.0 Å². The molecule has 1 aromatic rings. The smallest absolute Gasteiger partial charge is 0.411 e. The number of aryl methyl sites for hydroxylation is 1. The number of fused-ring (bicyclic) bond motifs is 1. The van der Waals surface area contributed by atoms with Gasteiger partial charge in [-0.15, -0.1) is 0 Å². The largest absolute Gasteiger partial charge is 0.444 e. The van der Waals surface area contributed by atoms with Crippen molar-refractivity contribution in [1.29, 1.82) is 0 Å². The molecule has 25 heavy (non-hydrogen) atoms. The second-order valence-electron chi connectivity index (χ2n) is 7.70. The Morgan fingerprint density at radius 1 is 1.36 bits per heavy atom. The van der Waals surface area contributed by atoms with Crippen LogP contribution in [0, 0.1) is 5.82 Å². The third-order valence-corrected chi connectivity index (χ3v) is 4.52. The zero-order valence-corrected chi connectivity index (χ0v) is 14.9. The van der Waals surface area contributed by atoms with Crippen LogP contribution < -0.4 is 0 Å². The van der Waals surface area contributed by atoms with Crippen molar-refractivity contribution in [3.8, 4) is 0 Å². The first-order valence-corrected chi connectivity index (χ1v) is 8.63. The summed E-state index contributed by atoms with van der Waals surface area (Å²) in [7, 11) is 0. The van der Waals surface area contributed by atoms with Gasteiger partial charge in [0.2, 0.25) is 0 Å². The lowest BCUT2D eigenvalue weighted by Gasteiger charge is -2.39. The van der Waals surface area contributed by atoms with E-state index in [2.05, 4.69) is 0 Å². The fraction of sp³-hybridized carbons (Fsp3) is 0.579. The molecular weight excluding hydrogens is 325 g/mol. The van der Waals surface area contributed by atoms with Gasteiger partial charge in [-0.05, 0) is 56.9 Å². The molecule has 1 aromatic carbocycles. The Morgan fingerprint density at radius 2 is 2.12 bits per heavy atom. The molecule has 2 atom stereocenters. The number of rotatable bonds is 2. The van der Waals surface area contributed by atoms with E-state index in [0.29, 0.717) is 19.4 Å². The van der Waals surface area contributed by atoms with Gasteiger partial charge in [0.05, 0.1) is 18.7 Å². The van der Waals surface area contributed by atoms with Crippen LogP contribution in [0.4, 0.5) is 9.18 Å². The number of nitrogens with zero attached hydrogens (tertiary/aromatic N) is 1. The van der Waals surface area contributed by atoms with Crippen LogP contribution in [0.3, 0.4) is 0 Å². The molecule has 5 nitrogen and oxygen atoms in total. The minimum Gasteiger partial charge on any atom is -0.444 e. The summed E-state index contributed by atoms with van der Waals surface area (Å²) in [5.41, 5.74) is 1.19. The van der Waals surface area contributed by atoms with Crippen molar-refractivity contribution in [2.24, 2.45) is 0 Å². The molecule has 0 saturated carbocycles. The Balaban J connectivity index is 1.92. The zero-order valence-electron chi connectivity index (χ0n) is 14.9. The van der Waals surface area contributed by atoms with Gasteiger partial charge in [-0.3, -0.25) is 9.69 Å². The van der Waals surface area contributed by atoms with E-state index in [4.69, 9.17) is 9.47 Å². The highest BCUT2D eigenvalue weighted by atomic mass is 19.1. The van der Waals surface area contributed by atoms with Crippen molar-refractivity contribution in [3.05, 3.63) is 35.1 Å². The predicted molar refractivity (Wildman–Crippen MR) is 89.8 cm³/mol. The van der Waals surface area contributed by atoms with Crippen LogP contribution in [-0.4, -0.2) is 41.6 Å². The molecule has 6 heteroatoms. The van der Waals surface area contributed by atoms with Crippen LogP contribution in [0.1, 0.15) is 50.8 Å². The second-order valence-corrected chi connectivity index (χ2v) is 7.70. The van der Waals surface area contributed by atoms with Crippen LogP contribution in [0.25, 0.3) is 0 Å². The van der Waals surface area contributed by atoms with Gasteiger partial charge in [0.15, 0.2) is 5.78 Å². The summed E-state index contributed by atoms with van der Waals surface area (Å²) < 4.78 is 24.5. The van der Waals surface area contributed by atoms with Crippen molar-refractivity contribution >= 4 is 11.9 Å². The van der Waals surface area contributed by atoms with E-state index < -0.39 is 11.7 Å². The Kier molecular flexibility index (Phi) is 4.82. The third kappa shape index (κ3) is 4.00. The highest BCUT2D eigenvalue weighted by molar-refractivity contribution is 5.82. The number of halogens is 1. The second kappa shape index (κ2) is 6.75. The van der Waals surface area contributed by atoms with Gasteiger partial charge in [-0.1, -0.05) is 6.07 Å². The number of hydrogen-bond donors (Lipinski definition) is 0. The molecule has 1 aliphatic carbocycles. The average Bonchev–Trinajstić information content (AvgIpc) is 2.88. The van der Waals surface area contributed by atoms with Gasteiger partial charge in [0, 0.05) is 6.42 Å². The van der Waals surface area contributed by atoms with Crippen molar-refractivity contribution in [2.45, 2.75) is 57.7 Å². The average molecular weight is 349 g/mol. The third-order valence-electron chi connectivity index (χ3n) is 4.52. The molecule has 136 valence electrons. The van der Waals surface area contributed by atoms with Gasteiger partial charge in [0.25, 0.3) is 0 Å². The number of carbonyl (C=O) groups is 2. The van der Waals surface area contributed by atoms with Gasteiger partial charge in [-0.25, -0.2) is 9.18 Å². The number of carbonyl (C=O) groups excluding carboxylic acids is 2. The first kappa shape index (κ1) is 17.9. The number of ketones is 1. The molecule has 1 amide bonds. The quantitative estimate of drug-likeness (QED) is 0.821. The zero-order chi connectivity index (χ0) is 18.2. The Bertz CT molecular complexity index is 682. The maximum absolute atomic E-state index is 13.5. The summed E-state index contributed by atoms with van der Waals surface area (Å²) in [6.45, 7) is 5.82. The van der Waals surface area contributed by atoms with E-state index in [1.165, 1.54) is 12.1 Å². The lowest BCUT2D eigenvalue weighted by Crippen LogP contribution is -2.50. The number of amides is 1. The Labute approximate surface area is 147 Å². The Hall–Kier alpha value is -1.95. The first-order valence-electron chi connectivity index (χ1n) is 8.63. The summed E-state index contributed by atoms with van der Waals surface area (Å²) in [4.78, 5) is 26.4. The van der Waals surface area contributed by atoms with E-state index in [0.717, 1.165) is 11.1 Å². The van der Waals surface area contributed by atoms with Gasteiger partial charge >= 0.3 is 6.09 Å². The molecule has 1 saturated heterocycles. The summed E-state index contributed by atoms with van der Waals surface area (Å²) in [6.07, 6.45) is 1.17. The van der Waals surface area contributed by atoms with E-state index in [1.54, 1.807) is 11.0 Å². The molecule has 0 aromatic heterocycles. The maximum Gasteiger partial charge on any atom is 0.411 e. The highest BCUT2D eigenvalue weighted by Gasteiger charge is 2.40. The van der Waals surface area contributed by atoms with Gasteiger partial charge in [-0.2, -0.15) is 0 Å². The first-order chi connectivity index (χ1) is 11.7.